The Morgan fingerprint density at radius 2 is 1.74 bits per heavy atom. The summed E-state index contributed by atoms with van der Waals surface area (Å²) in [4.78, 5) is 0.200. The van der Waals surface area contributed by atoms with E-state index in [2.05, 4.69) is 39.6 Å². The van der Waals surface area contributed by atoms with Crippen molar-refractivity contribution in [3.63, 3.8) is 0 Å². The molecule has 0 atom stereocenters. The zero-order chi connectivity index (χ0) is 19.6. The van der Waals surface area contributed by atoms with Crippen LogP contribution in [0.2, 0.25) is 5.02 Å². The third kappa shape index (κ3) is 4.91. The van der Waals surface area contributed by atoms with Gasteiger partial charge in [0.1, 0.15) is 0 Å². The average molecular weight is 469 g/mol. The average Bonchev–Trinajstić information content (AvgIpc) is 2.95. The molecule has 0 amide bonds. The Bertz CT molecular complexity index is 1030. The van der Waals surface area contributed by atoms with Gasteiger partial charge >= 0.3 is 0 Å². The van der Waals surface area contributed by atoms with E-state index in [0.717, 1.165) is 11.1 Å². The third-order valence-electron chi connectivity index (χ3n) is 4.06. The molecule has 0 bridgehead atoms. The highest BCUT2D eigenvalue weighted by Crippen LogP contribution is 2.25. The Kier molecular flexibility index (Phi) is 5.93. The fourth-order valence-corrected chi connectivity index (χ4v) is 4.23. The normalized spacial score (nSPS) is 11.7. The first kappa shape index (κ1) is 19.9. The third-order valence-corrected chi connectivity index (χ3v) is 6.25. The Morgan fingerprint density at radius 3 is 2.33 bits per heavy atom. The van der Waals surface area contributed by atoms with Crippen LogP contribution in [0.5, 0.6) is 0 Å². The largest absolute Gasteiger partial charge is 0.265 e. The van der Waals surface area contributed by atoms with E-state index in [1.54, 1.807) is 35.1 Å². The number of benzene rings is 2. The molecule has 3 rings (SSSR count). The number of nitrogens with one attached hydrogen (secondary N) is 1. The number of rotatable bonds is 6. The number of aromatic nitrogens is 2. The van der Waals surface area contributed by atoms with Gasteiger partial charge in [-0.15, -0.1) is 0 Å². The van der Waals surface area contributed by atoms with Crippen LogP contribution in [0.15, 0.2) is 64.1 Å². The maximum atomic E-state index is 12.6. The molecule has 0 aliphatic heterocycles. The predicted molar refractivity (Wildman–Crippen MR) is 112 cm³/mol. The van der Waals surface area contributed by atoms with Crippen LogP contribution in [0.3, 0.4) is 0 Å². The summed E-state index contributed by atoms with van der Waals surface area (Å²) in [6.45, 7) is 4.62. The second-order valence-corrected chi connectivity index (χ2v) is 9.45. The van der Waals surface area contributed by atoms with Crippen LogP contribution >= 0.6 is 27.5 Å². The second-order valence-electron chi connectivity index (χ2n) is 6.48. The van der Waals surface area contributed by atoms with Gasteiger partial charge in [-0.05, 0) is 57.2 Å². The van der Waals surface area contributed by atoms with Crippen molar-refractivity contribution < 1.29 is 8.42 Å². The van der Waals surface area contributed by atoms with Gasteiger partial charge in [0.05, 0.1) is 15.9 Å². The van der Waals surface area contributed by atoms with Crippen LogP contribution in [-0.2, 0) is 16.6 Å². The molecule has 8 heteroatoms. The molecule has 0 aliphatic rings. The van der Waals surface area contributed by atoms with E-state index in [-0.39, 0.29) is 10.7 Å². The van der Waals surface area contributed by atoms with E-state index in [4.69, 9.17) is 11.6 Å². The summed E-state index contributed by atoms with van der Waals surface area (Å²) in [5, 5.41) is 4.99. The van der Waals surface area contributed by atoms with Crippen LogP contribution in [0, 0.1) is 0 Å². The fraction of sp³-hybridized carbons (Fsp3) is 0.211. The molecular formula is C19H19BrClN3O2S. The fourth-order valence-electron chi connectivity index (χ4n) is 2.54. The van der Waals surface area contributed by atoms with Gasteiger partial charge in [0.25, 0.3) is 10.0 Å². The van der Waals surface area contributed by atoms with Crippen LogP contribution in [0.25, 0.3) is 0 Å². The van der Waals surface area contributed by atoms with Gasteiger partial charge in [0.2, 0.25) is 0 Å². The first-order valence-corrected chi connectivity index (χ1v) is 11.0. The topological polar surface area (TPSA) is 64.0 Å². The lowest BCUT2D eigenvalue weighted by Crippen LogP contribution is -2.14. The molecule has 0 spiro atoms. The zero-order valence-corrected chi connectivity index (χ0v) is 18.0. The summed E-state index contributed by atoms with van der Waals surface area (Å²) in [6, 6.07) is 14.3. The van der Waals surface area contributed by atoms with Crippen molar-refractivity contribution in [3.05, 3.63) is 75.4 Å². The van der Waals surface area contributed by atoms with Gasteiger partial charge in [-0.1, -0.05) is 49.7 Å². The molecule has 0 unspecified atom stereocenters. The number of sulfonamides is 1. The maximum Gasteiger partial charge on any atom is 0.263 e. The second kappa shape index (κ2) is 8.04. The zero-order valence-electron chi connectivity index (χ0n) is 14.9. The highest BCUT2D eigenvalue weighted by molar-refractivity contribution is 9.10. The lowest BCUT2D eigenvalue weighted by molar-refractivity contribution is 0.600. The first-order chi connectivity index (χ1) is 12.7. The van der Waals surface area contributed by atoms with E-state index < -0.39 is 10.0 Å². The van der Waals surface area contributed by atoms with Gasteiger partial charge in [-0.2, -0.15) is 5.10 Å². The standard InChI is InChI=1S/C19H19BrClN3O2S/c1-13(2)15-5-9-17(10-6-15)27(25,26)23-19-18(20)12-24(22-19)11-14-3-7-16(21)8-4-14/h3-10,12-13H,11H2,1-2H3,(H,22,23). The van der Waals surface area contributed by atoms with Crippen molar-refractivity contribution in [1.82, 2.24) is 9.78 Å². The highest BCUT2D eigenvalue weighted by atomic mass is 79.9. The summed E-state index contributed by atoms with van der Waals surface area (Å²) in [7, 11) is -3.72. The van der Waals surface area contributed by atoms with Gasteiger partial charge < -0.3 is 0 Å². The summed E-state index contributed by atoms with van der Waals surface area (Å²) < 4.78 is 30.1. The Hall–Kier alpha value is -1.83. The first-order valence-electron chi connectivity index (χ1n) is 8.35. The van der Waals surface area contributed by atoms with E-state index in [9.17, 15) is 8.42 Å². The molecule has 142 valence electrons. The van der Waals surface area contributed by atoms with Crippen molar-refractivity contribution in [2.24, 2.45) is 0 Å². The minimum atomic E-state index is -3.72. The van der Waals surface area contributed by atoms with E-state index in [1.807, 2.05) is 24.3 Å². The van der Waals surface area contributed by atoms with E-state index in [0.29, 0.717) is 22.0 Å². The maximum absolute atomic E-state index is 12.6. The molecular weight excluding hydrogens is 450 g/mol. The van der Waals surface area contributed by atoms with Crippen molar-refractivity contribution in [3.8, 4) is 0 Å². The molecule has 27 heavy (non-hydrogen) atoms. The molecule has 0 aliphatic carbocycles. The van der Waals surface area contributed by atoms with Gasteiger partial charge in [-0.25, -0.2) is 8.42 Å². The van der Waals surface area contributed by atoms with Crippen LogP contribution < -0.4 is 4.72 Å². The highest BCUT2D eigenvalue weighted by Gasteiger charge is 2.18. The number of hydrogen-bond donors (Lipinski definition) is 1. The van der Waals surface area contributed by atoms with Crippen LogP contribution in [0.4, 0.5) is 5.82 Å². The van der Waals surface area contributed by atoms with Crippen molar-refractivity contribution in [1.29, 1.82) is 0 Å². The molecule has 1 aromatic heterocycles. The lowest BCUT2D eigenvalue weighted by atomic mass is 10.0. The number of hydrogen-bond acceptors (Lipinski definition) is 3. The predicted octanol–water partition coefficient (Wildman–Crippen LogP) is 5.27. The van der Waals surface area contributed by atoms with E-state index >= 15 is 0 Å². The molecule has 0 saturated carbocycles. The molecule has 0 radical (unpaired) electrons. The van der Waals surface area contributed by atoms with Crippen molar-refractivity contribution in [2.75, 3.05) is 4.72 Å². The Balaban J connectivity index is 1.78. The monoisotopic (exact) mass is 467 g/mol. The van der Waals surface area contributed by atoms with E-state index in [1.165, 1.54) is 0 Å². The van der Waals surface area contributed by atoms with Gasteiger partial charge in [0, 0.05) is 11.2 Å². The van der Waals surface area contributed by atoms with Crippen molar-refractivity contribution >= 4 is 43.4 Å². The summed E-state index contributed by atoms with van der Waals surface area (Å²) in [6.07, 6.45) is 1.73. The van der Waals surface area contributed by atoms with Crippen LogP contribution in [0.1, 0.15) is 30.9 Å². The number of anilines is 1. The van der Waals surface area contributed by atoms with Crippen molar-refractivity contribution in [2.45, 2.75) is 31.2 Å². The quantitative estimate of drug-likeness (QED) is 0.536. The molecule has 3 aromatic rings. The molecule has 1 heterocycles. The SMILES string of the molecule is CC(C)c1ccc(S(=O)(=O)Nc2nn(Cc3ccc(Cl)cc3)cc2Br)cc1. The van der Waals surface area contributed by atoms with Gasteiger partial charge in [0.15, 0.2) is 5.82 Å². The molecule has 0 saturated heterocycles. The molecule has 1 N–H and O–H groups in total. The smallest absolute Gasteiger partial charge is 0.263 e. The summed E-state index contributed by atoms with van der Waals surface area (Å²) in [5.74, 6) is 0.587. The minimum absolute atomic E-state index is 0.200. The molecule has 5 nitrogen and oxygen atoms in total. The minimum Gasteiger partial charge on any atom is -0.265 e. The summed E-state index contributed by atoms with van der Waals surface area (Å²) in [5.41, 5.74) is 2.09. The molecule has 2 aromatic carbocycles. The number of nitrogens with zero attached hydrogens (tertiary/aromatic N) is 2. The lowest BCUT2D eigenvalue weighted by Gasteiger charge is -2.09. The van der Waals surface area contributed by atoms with Gasteiger partial charge in [-0.3, -0.25) is 9.40 Å². The summed E-state index contributed by atoms with van der Waals surface area (Å²) >= 11 is 9.26. The Morgan fingerprint density at radius 1 is 1.11 bits per heavy atom. The Labute approximate surface area is 172 Å². The molecule has 0 fully saturated rings. The van der Waals surface area contributed by atoms with Crippen LogP contribution in [-0.4, -0.2) is 18.2 Å². The number of halogens is 2.